The molecule has 0 saturated heterocycles. The predicted molar refractivity (Wildman–Crippen MR) is 61.3 cm³/mol. The fourth-order valence-electron chi connectivity index (χ4n) is 1.38. The minimum Gasteiger partial charge on any atom is -0.497 e. The first kappa shape index (κ1) is 11.8. The van der Waals surface area contributed by atoms with Crippen LogP contribution in [0.2, 0.25) is 0 Å². The highest BCUT2D eigenvalue weighted by Gasteiger charge is 2.24. The van der Waals surface area contributed by atoms with Crippen molar-refractivity contribution >= 4 is 17.8 Å². The molecule has 0 bridgehead atoms. The van der Waals surface area contributed by atoms with Gasteiger partial charge in [-0.15, -0.1) is 0 Å². The Balaban J connectivity index is 2.29. The quantitative estimate of drug-likeness (QED) is 0.635. The first-order chi connectivity index (χ1) is 8.60. The molecule has 0 spiro atoms. The van der Waals surface area contributed by atoms with E-state index >= 15 is 0 Å². The van der Waals surface area contributed by atoms with Crippen LogP contribution >= 0.6 is 0 Å². The average molecular weight is 247 g/mol. The van der Waals surface area contributed by atoms with Crippen LogP contribution in [-0.2, 0) is 14.3 Å². The number of ether oxygens (including phenoxy) is 2. The standard InChI is InChI=1S/C12H9NO5/c1-17-8-4-2-7(3-5-8)11-13-9(6-10(14)15)12(16)18-11/h2-6H,1H3,(H,14,15)/b9-6+. The van der Waals surface area contributed by atoms with Crippen molar-refractivity contribution in [3.63, 3.8) is 0 Å². The molecule has 0 aliphatic carbocycles. The van der Waals surface area contributed by atoms with Gasteiger partial charge in [-0.2, -0.15) is 0 Å². The molecule has 1 aromatic carbocycles. The predicted octanol–water partition coefficient (Wildman–Crippen LogP) is 0.967. The van der Waals surface area contributed by atoms with Gasteiger partial charge in [0.1, 0.15) is 5.75 Å². The van der Waals surface area contributed by atoms with Gasteiger partial charge in [-0.05, 0) is 24.3 Å². The van der Waals surface area contributed by atoms with Crippen molar-refractivity contribution in [2.24, 2.45) is 4.99 Å². The molecule has 1 aliphatic rings. The smallest absolute Gasteiger partial charge is 0.364 e. The second-order valence-electron chi connectivity index (χ2n) is 3.40. The van der Waals surface area contributed by atoms with Gasteiger partial charge in [0, 0.05) is 5.56 Å². The largest absolute Gasteiger partial charge is 0.497 e. The number of nitrogens with zero attached hydrogens (tertiary/aromatic N) is 1. The van der Waals surface area contributed by atoms with Crippen molar-refractivity contribution in [2.45, 2.75) is 0 Å². The van der Waals surface area contributed by atoms with E-state index < -0.39 is 11.9 Å². The maximum absolute atomic E-state index is 11.3. The summed E-state index contributed by atoms with van der Waals surface area (Å²) in [5.41, 5.74) is 0.339. The zero-order valence-electron chi connectivity index (χ0n) is 9.41. The molecular formula is C12H9NO5. The molecule has 1 N–H and O–H groups in total. The fraction of sp³-hybridized carbons (Fsp3) is 0.0833. The molecule has 0 fully saturated rings. The number of aliphatic carboxylic acids is 1. The van der Waals surface area contributed by atoms with Gasteiger partial charge in [0.25, 0.3) is 0 Å². The van der Waals surface area contributed by atoms with E-state index in [1.54, 1.807) is 24.3 Å². The lowest BCUT2D eigenvalue weighted by Gasteiger charge is -2.01. The maximum Gasteiger partial charge on any atom is 0.364 e. The summed E-state index contributed by atoms with van der Waals surface area (Å²) >= 11 is 0. The van der Waals surface area contributed by atoms with E-state index in [0.29, 0.717) is 17.4 Å². The third-order valence-electron chi connectivity index (χ3n) is 2.22. The number of cyclic esters (lactones) is 1. The summed E-state index contributed by atoms with van der Waals surface area (Å²) in [6.07, 6.45) is 0.707. The fourth-order valence-corrected chi connectivity index (χ4v) is 1.38. The van der Waals surface area contributed by atoms with E-state index in [2.05, 4.69) is 4.99 Å². The maximum atomic E-state index is 11.3. The first-order valence-corrected chi connectivity index (χ1v) is 5.00. The number of aliphatic imine (C=N–C) groups is 1. The third kappa shape index (κ3) is 2.37. The Morgan fingerprint density at radius 2 is 2.06 bits per heavy atom. The Hall–Kier alpha value is -2.63. The lowest BCUT2D eigenvalue weighted by molar-refractivity contribution is -0.133. The monoisotopic (exact) mass is 247 g/mol. The van der Waals surface area contributed by atoms with Gasteiger partial charge in [-0.1, -0.05) is 0 Å². The van der Waals surface area contributed by atoms with Crippen LogP contribution in [0.5, 0.6) is 5.75 Å². The Morgan fingerprint density at radius 1 is 1.39 bits per heavy atom. The van der Waals surface area contributed by atoms with Crippen LogP contribution in [-0.4, -0.2) is 30.1 Å². The molecule has 2 rings (SSSR count). The lowest BCUT2D eigenvalue weighted by atomic mass is 10.2. The number of rotatable bonds is 3. The van der Waals surface area contributed by atoms with Crippen molar-refractivity contribution in [2.75, 3.05) is 7.11 Å². The van der Waals surface area contributed by atoms with E-state index in [9.17, 15) is 9.59 Å². The number of carboxylic acids is 1. The summed E-state index contributed by atoms with van der Waals surface area (Å²) in [5, 5.41) is 8.55. The highest BCUT2D eigenvalue weighted by Crippen LogP contribution is 2.18. The average Bonchev–Trinajstić information content (AvgIpc) is 2.70. The minimum atomic E-state index is -1.25. The highest BCUT2D eigenvalue weighted by atomic mass is 16.6. The third-order valence-corrected chi connectivity index (χ3v) is 2.22. The number of carboxylic acid groups (broad SMARTS) is 1. The van der Waals surface area contributed by atoms with Crippen LogP contribution < -0.4 is 4.74 Å². The molecule has 1 aromatic rings. The summed E-state index contributed by atoms with van der Waals surface area (Å²) < 4.78 is 9.86. The number of benzene rings is 1. The van der Waals surface area contributed by atoms with Crippen molar-refractivity contribution in [1.29, 1.82) is 0 Å². The normalized spacial score (nSPS) is 16.4. The molecule has 18 heavy (non-hydrogen) atoms. The van der Waals surface area contributed by atoms with Crippen molar-refractivity contribution in [1.82, 2.24) is 0 Å². The highest BCUT2D eigenvalue weighted by molar-refractivity contribution is 6.12. The van der Waals surface area contributed by atoms with Crippen molar-refractivity contribution in [3.8, 4) is 5.75 Å². The molecule has 1 heterocycles. The SMILES string of the molecule is COc1ccc(C2=N/C(=C/C(=O)O)C(=O)O2)cc1. The van der Waals surface area contributed by atoms with Gasteiger partial charge in [-0.3, -0.25) is 0 Å². The van der Waals surface area contributed by atoms with E-state index in [0.717, 1.165) is 0 Å². The summed E-state index contributed by atoms with van der Waals surface area (Å²) in [5.74, 6) is -1.29. The summed E-state index contributed by atoms with van der Waals surface area (Å²) in [7, 11) is 1.54. The number of esters is 1. The van der Waals surface area contributed by atoms with E-state index in [4.69, 9.17) is 14.6 Å². The van der Waals surface area contributed by atoms with Crippen LogP contribution in [0.25, 0.3) is 0 Å². The molecular weight excluding hydrogens is 238 g/mol. The van der Waals surface area contributed by atoms with Crippen LogP contribution in [0.15, 0.2) is 41.0 Å². The number of carbonyl (C=O) groups excluding carboxylic acids is 1. The van der Waals surface area contributed by atoms with Gasteiger partial charge in [-0.25, -0.2) is 14.6 Å². The molecule has 1 aliphatic heterocycles. The Labute approximate surface area is 102 Å². The van der Waals surface area contributed by atoms with Gasteiger partial charge in [0.15, 0.2) is 5.70 Å². The molecule has 0 saturated carbocycles. The van der Waals surface area contributed by atoms with E-state index in [1.165, 1.54) is 7.11 Å². The number of hydrogen-bond acceptors (Lipinski definition) is 5. The van der Waals surface area contributed by atoms with Crippen LogP contribution in [0, 0.1) is 0 Å². The zero-order chi connectivity index (χ0) is 13.1. The first-order valence-electron chi connectivity index (χ1n) is 5.00. The Bertz CT molecular complexity index is 556. The summed E-state index contributed by atoms with van der Waals surface area (Å²) in [4.78, 5) is 25.6. The van der Waals surface area contributed by atoms with Crippen molar-refractivity contribution < 1.29 is 24.2 Å². The topological polar surface area (TPSA) is 85.2 Å². The summed E-state index contributed by atoms with van der Waals surface area (Å²) in [6, 6.07) is 6.69. The van der Waals surface area contributed by atoms with Crippen LogP contribution in [0.3, 0.4) is 0 Å². The summed E-state index contributed by atoms with van der Waals surface area (Å²) in [6.45, 7) is 0. The van der Waals surface area contributed by atoms with Crippen LogP contribution in [0.4, 0.5) is 0 Å². The van der Waals surface area contributed by atoms with Gasteiger partial charge in [0.05, 0.1) is 13.2 Å². The number of carbonyl (C=O) groups is 2. The molecule has 0 unspecified atom stereocenters. The molecule has 6 nitrogen and oxygen atoms in total. The molecule has 92 valence electrons. The van der Waals surface area contributed by atoms with E-state index in [1.807, 2.05) is 0 Å². The zero-order valence-corrected chi connectivity index (χ0v) is 9.41. The number of methoxy groups -OCH3 is 1. The van der Waals surface area contributed by atoms with E-state index in [-0.39, 0.29) is 11.6 Å². The molecule has 0 atom stereocenters. The molecule has 6 heteroatoms. The Morgan fingerprint density at radius 3 is 2.61 bits per heavy atom. The number of hydrogen-bond donors (Lipinski definition) is 1. The minimum absolute atomic E-state index is 0.0788. The molecule has 0 aromatic heterocycles. The second-order valence-corrected chi connectivity index (χ2v) is 3.40. The van der Waals surface area contributed by atoms with Crippen molar-refractivity contribution in [3.05, 3.63) is 41.6 Å². The van der Waals surface area contributed by atoms with Gasteiger partial charge in [0.2, 0.25) is 5.90 Å². The second kappa shape index (κ2) is 4.70. The van der Waals surface area contributed by atoms with Gasteiger partial charge < -0.3 is 14.6 Å². The molecule has 0 radical (unpaired) electrons. The lowest BCUT2D eigenvalue weighted by Crippen LogP contribution is -2.05. The Kier molecular flexibility index (Phi) is 3.09. The molecule has 0 amide bonds. The van der Waals surface area contributed by atoms with Crippen LogP contribution in [0.1, 0.15) is 5.56 Å². The van der Waals surface area contributed by atoms with Gasteiger partial charge >= 0.3 is 11.9 Å².